The molecule has 7 nitrogen and oxygen atoms in total. The van der Waals surface area contributed by atoms with Crippen LogP contribution in [-0.2, 0) is 6.54 Å². The molecule has 1 N–H and O–H groups in total. The van der Waals surface area contributed by atoms with Crippen LogP contribution < -0.4 is 5.32 Å². The molecule has 1 aliphatic carbocycles. The van der Waals surface area contributed by atoms with Gasteiger partial charge >= 0.3 is 0 Å². The number of nitrogens with one attached hydrogen (secondary N) is 1. The van der Waals surface area contributed by atoms with Gasteiger partial charge in [-0.2, -0.15) is 0 Å². The molecule has 1 amide bonds. The summed E-state index contributed by atoms with van der Waals surface area (Å²) in [5.74, 6) is 1.80. The van der Waals surface area contributed by atoms with E-state index in [1.54, 1.807) is 24.8 Å². The minimum Gasteiger partial charge on any atom is -0.360 e. The van der Waals surface area contributed by atoms with Crippen LogP contribution in [0, 0.1) is 0 Å². The van der Waals surface area contributed by atoms with Crippen molar-refractivity contribution >= 4 is 5.91 Å². The highest BCUT2D eigenvalue weighted by Gasteiger charge is 2.28. The number of imidazole rings is 1. The SMILES string of the molecule is O=C(NCc1ccc(-n2ccnc2)nc1)c1cc(C2CC2)on1. The Kier molecular flexibility index (Phi) is 3.38. The van der Waals surface area contributed by atoms with Gasteiger partial charge in [0.05, 0.1) is 0 Å². The Morgan fingerprint density at radius 2 is 2.30 bits per heavy atom. The van der Waals surface area contributed by atoms with Gasteiger partial charge in [-0.15, -0.1) is 0 Å². The topological polar surface area (TPSA) is 85.8 Å². The molecular formula is C16H15N5O2. The largest absolute Gasteiger partial charge is 0.360 e. The molecule has 23 heavy (non-hydrogen) atoms. The molecule has 1 saturated carbocycles. The smallest absolute Gasteiger partial charge is 0.273 e. The van der Waals surface area contributed by atoms with Gasteiger partial charge in [-0.3, -0.25) is 9.36 Å². The number of rotatable bonds is 5. The highest BCUT2D eigenvalue weighted by Crippen LogP contribution is 2.40. The van der Waals surface area contributed by atoms with Crippen LogP contribution in [0.15, 0.2) is 47.6 Å². The zero-order valence-corrected chi connectivity index (χ0v) is 12.3. The first-order valence-corrected chi connectivity index (χ1v) is 7.47. The molecule has 0 saturated heterocycles. The second-order valence-electron chi connectivity index (χ2n) is 5.57. The minimum absolute atomic E-state index is 0.237. The maximum atomic E-state index is 12.1. The second-order valence-corrected chi connectivity index (χ2v) is 5.57. The molecule has 0 aliphatic heterocycles. The van der Waals surface area contributed by atoms with E-state index in [4.69, 9.17) is 4.52 Å². The van der Waals surface area contributed by atoms with Gasteiger partial charge in [-0.05, 0) is 24.5 Å². The van der Waals surface area contributed by atoms with Crippen molar-refractivity contribution in [2.45, 2.75) is 25.3 Å². The van der Waals surface area contributed by atoms with Gasteiger partial charge in [0, 0.05) is 37.1 Å². The van der Waals surface area contributed by atoms with Gasteiger partial charge in [-0.1, -0.05) is 11.2 Å². The summed E-state index contributed by atoms with van der Waals surface area (Å²) in [6, 6.07) is 5.53. The van der Waals surface area contributed by atoms with Crippen LogP contribution in [0.5, 0.6) is 0 Å². The number of aromatic nitrogens is 4. The lowest BCUT2D eigenvalue weighted by molar-refractivity contribution is 0.0941. The molecule has 0 atom stereocenters. The van der Waals surface area contributed by atoms with Gasteiger partial charge < -0.3 is 9.84 Å². The van der Waals surface area contributed by atoms with E-state index in [-0.39, 0.29) is 5.91 Å². The van der Waals surface area contributed by atoms with E-state index in [0.717, 1.165) is 30.0 Å². The number of amides is 1. The third-order valence-corrected chi connectivity index (χ3v) is 3.77. The highest BCUT2D eigenvalue weighted by molar-refractivity contribution is 5.92. The fraction of sp³-hybridized carbons (Fsp3) is 0.250. The summed E-state index contributed by atoms with van der Waals surface area (Å²) >= 11 is 0. The molecule has 1 fully saturated rings. The molecule has 116 valence electrons. The van der Waals surface area contributed by atoms with E-state index >= 15 is 0 Å². The van der Waals surface area contributed by atoms with Crippen molar-refractivity contribution < 1.29 is 9.32 Å². The molecular weight excluding hydrogens is 294 g/mol. The van der Waals surface area contributed by atoms with Gasteiger partial charge in [0.15, 0.2) is 5.69 Å². The Bertz CT molecular complexity index is 803. The van der Waals surface area contributed by atoms with E-state index in [0.29, 0.717) is 18.2 Å². The molecule has 0 radical (unpaired) electrons. The monoisotopic (exact) mass is 309 g/mol. The zero-order chi connectivity index (χ0) is 15.6. The standard InChI is InChI=1S/C16H15N5O2/c22-16(13-7-14(23-20-13)12-2-3-12)19-9-11-1-4-15(18-8-11)21-6-5-17-10-21/h1,4-8,10,12H,2-3,9H2,(H,19,22). The van der Waals surface area contributed by atoms with E-state index in [1.165, 1.54) is 0 Å². The summed E-state index contributed by atoms with van der Waals surface area (Å²) in [4.78, 5) is 20.4. The lowest BCUT2D eigenvalue weighted by Gasteiger charge is -2.05. The average Bonchev–Trinajstić information content (AvgIpc) is 3.10. The fourth-order valence-electron chi connectivity index (χ4n) is 2.30. The first-order chi connectivity index (χ1) is 11.3. The normalized spacial score (nSPS) is 13.9. The Morgan fingerprint density at radius 3 is 3.00 bits per heavy atom. The molecule has 0 spiro atoms. The third-order valence-electron chi connectivity index (χ3n) is 3.77. The molecule has 0 bridgehead atoms. The molecule has 4 rings (SSSR count). The molecule has 3 aromatic heterocycles. The number of nitrogens with zero attached hydrogens (tertiary/aromatic N) is 4. The molecule has 0 unspecified atom stereocenters. The van der Waals surface area contributed by atoms with Crippen LogP contribution in [0.2, 0.25) is 0 Å². The Hall–Kier alpha value is -2.96. The quantitative estimate of drug-likeness (QED) is 0.779. The van der Waals surface area contributed by atoms with Crippen molar-refractivity contribution in [3.05, 3.63) is 60.1 Å². The van der Waals surface area contributed by atoms with Crippen molar-refractivity contribution in [1.82, 2.24) is 25.0 Å². The summed E-state index contributed by atoms with van der Waals surface area (Å²) in [5, 5.41) is 6.65. The predicted octanol–water partition coefficient (Wildman–Crippen LogP) is 2.06. The predicted molar refractivity (Wildman–Crippen MR) is 81.0 cm³/mol. The van der Waals surface area contributed by atoms with Crippen molar-refractivity contribution in [3.8, 4) is 5.82 Å². The number of carbonyl (C=O) groups is 1. The molecule has 7 heteroatoms. The van der Waals surface area contributed by atoms with Gasteiger partial charge in [0.2, 0.25) is 0 Å². The first kappa shape index (κ1) is 13.7. The maximum absolute atomic E-state index is 12.1. The number of pyridine rings is 1. The zero-order valence-electron chi connectivity index (χ0n) is 12.3. The van der Waals surface area contributed by atoms with Crippen LogP contribution in [0.25, 0.3) is 5.82 Å². The Labute approximate surface area is 132 Å². The van der Waals surface area contributed by atoms with Crippen LogP contribution in [0.4, 0.5) is 0 Å². The van der Waals surface area contributed by atoms with Crippen molar-refractivity contribution in [1.29, 1.82) is 0 Å². The Balaban J connectivity index is 1.37. The van der Waals surface area contributed by atoms with Crippen LogP contribution in [0.3, 0.4) is 0 Å². The number of carbonyl (C=O) groups excluding carboxylic acids is 1. The van der Waals surface area contributed by atoms with Crippen molar-refractivity contribution in [3.63, 3.8) is 0 Å². The fourth-order valence-corrected chi connectivity index (χ4v) is 2.30. The molecule has 0 aromatic carbocycles. The number of hydrogen-bond donors (Lipinski definition) is 1. The lowest BCUT2D eigenvalue weighted by atomic mass is 10.2. The summed E-state index contributed by atoms with van der Waals surface area (Å²) in [6.07, 6.45) is 9.17. The summed E-state index contributed by atoms with van der Waals surface area (Å²) in [6.45, 7) is 0.391. The Morgan fingerprint density at radius 1 is 1.39 bits per heavy atom. The average molecular weight is 309 g/mol. The van der Waals surface area contributed by atoms with Gasteiger partial charge in [0.25, 0.3) is 5.91 Å². The van der Waals surface area contributed by atoms with E-state index in [2.05, 4.69) is 20.4 Å². The maximum Gasteiger partial charge on any atom is 0.273 e. The van der Waals surface area contributed by atoms with Crippen molar-refractivity contribution in [2.24, 2.45) is 0 Å². The molecule has 3 aromatic rings. The van der Waals surface area contributed by atoms with Crippen LogP contribution in [0.1, 0.15) is 40.6 Å². The van der Waals surface area contributed by atoms with E-state index in [9.17, 15) is 4.79 Å². The third kappa shape index (κ3) is 2.98. The lowest BCUT2D eigenvalue weighted by Crippen LogP contribution is -2.23. The van der Waals surface area contributed by atoms with E-state index in [1.807, 2.05) is 22.9 Å². The van der Waals surface area contributed by atoms with Crippen molar-refractivity contribution in [2.75, 3.05) is 0 Å². The summed E-state index contributed by atoms with van der Waals surface area (Å²) < 4.78 is 7.00. The summed E-state index contributed by atoms with van der Waals surface area (Å²) in [7, 11) is 0. The van der Waals surface area contributed by atoms with Gasteiger partial charge in [0.1, 0.15) is 17.9 Å². The number of hydrogen-bond acceptors (Lipinski definition) is 5. The summed E-state index contributed by atoms with van der Waals surface area (Å²) in [5.41, 5.74) is 1.24. The first-order valence-electron chi connectivity index (χ1n) is 7.47. The van der Waals surface area contributed by atoms with Crippen LogP contribution >= 0.6 is 0 Å². The molecule has 1 aliphatic rings. The van der Waals surface area contributed by atoms with E-state index < -0.39 is 0 Å². The minimum atomic E-state index is -0.237. The van der Waals surface area contributed by atoms with Crippen LogP contribution in [-0.4, -0.2) is 25.6 Å². The second kappa shape index (κ2) is 5.68. The van der Waals surface area contributed by atoms with Gasteiger partial charge in [-0.25, -0.2) is 9.97 Å². The highest BCUT2D eigenvalue weighted by atomic mass is 16.5. The molecule has 3 heterocycles.